The van der Waals surface area contributed by atoms with Crippen molar-refractivity contribution in [3.05, 3.63) is 33.8 Å². The molecular weight excluding hydrogens is 275 g/mol. The van der Waals surface area contributed by atoms with Gasteiger partial charge in [0.15, 0.2) is 0 Å². The molecule has 0 bridgehead atoms. The highest BCUT2D eigenvalue weighted by atomic mass is 35.5. The van der Waals surface area contributed by atoms with Gasteiger partial charge in [0.05, 0.1) is 10.0 Å². The fourth-order valence-corrected chi connectivity index (χ4v) is 2.37. The highest BCUT2D eigenvalue weighted by Crippen LogP contribution is 2.23. The fourth-order valence-electron chi connectivity index (χ4n) is 2.05. The molecule has 1 atom stereocenters. The lowest BCUT2D eigenvalue weighted by Crippen LogP contribution is -2.54. The Hall–Kier alpha value is -0.810. The molecule has 2 N–H and O–H groups in total. The van der Waals surface area contributed by atoms with E-state index in [-0.39, 0.29) is 0 Å². The smallest absolute Gasteiger partial charge is 0.322 e. The molecule has 1 aliphatic rings. The summed E-state index contributed by atoms with van der Waals surface area (Å²) in [5, 5.41) is 13.2. The summed E-state index contributed by atoms with van der Waals surface area (Å²) in [6, 6.07) is 4.89. The summed E-state index contributed by atoms with van der Waals surface area (Å²) in [6.45, 7) is 2.54. The van der Waals surface area contributed by atoms with E-state index in [0.29, 0.717) is 29.7 Å². The Morgan fingerprint density at radius 1 is 1.44 bits per heavy atom. The number of hydrogen-bond donors (Lipinski definition) is 2. The normalized spacial score (nSPS) is 20.9. The van der Waals surface area contributed by atoms with Crippen LogP contribution in [0.15, 0.2) is 18.2 Å². The number of aliphatic carboxylic acids is 1. The first-order valence-electron chi connectivity index (χ1n) is 5.69. The number of carboxylic acids is 1. The van der Waals surface area contributed by atoms with Crippen molar-refractivity contribution >= 4 is 29.2 Å². The van der Waals surface area contributed by atoms with E-state index in [2.05, 4.69) is 5.32 Å². The summed E-state index contributed by atoms with van der Waals surface area (Å²) in [7, 11) is 0. The van der Waals surface area contributed by atoms with Crippen molar-refractivity contribution in [2.45, 2.75) is 12.6 Å². The molecule has 1 aromatic rings. The number of nitrogens with one attached hydrogen (secondary N) is 1. The summed E-state index contributed by atoms with van der Waals surface area (Å²) in [5.74, 6) is -0.803. The van der Waals surface area contributed by atoms with E-state index in [1.807, 2.05) is 11.0 Å². The third kappa shape index (κ3) is 3.14. The van der Waals surface area contributed by atoms with Crippen molar-refractivity contribution in [1.82, 2.24) is 10.2 Å². The number of piperazine rings is 1. The van der Waals surface area contributed by atoms with E-state index in [1.54, 1.807) is 12.1 Å². The fraction of sp³-hybridized carbons (Fsp3) is 0.417. The van der Waals surface area contributed by atoms with Gasteiger partial charge in [0.2, 0.25) is 0 Å². The van der Waals surface area contributed by atoms with Crippen LogP contribution < -0.4 is 5.32 Å². The van der Waals surface area contributed by atoms with Gasteiger partial charge in [-0.25, -0.2) is 0 Å². The van der Waals surface area contributed by atoms with E-state index in [9.17, 15) is 4.79 Å². The highest BCUT2D eigenvalue weighted by Gasteiger charge is 2.28. The first-order valence-corrected chi connectivity index (χ1v) is 6.45. The van der Waals surface area contributed by atoms with Crippen molar-refractivity contribution in [3.8, 4) is 0 Å². The summed E-state index contributed by atoms with van der Waals surface area (Å²) in [5.41, 5.74) is 0.970. The Kier molecular flexibility index (Phi) is 4.45. The number of carboxylic acid groups (broad SMARTS) is 1. The maximum Gasteiger partial charge on any atom is 0.322 e. The third-order valence-corrected chi connectivity index (χ3v) is 3.75. The van der Waals surface area contributed by atoms with Crippen LogP contribution in [-0.4, -0.2) is 41.7 Å². The maximum absolute atomic E-state index is 11.1. The van der Waals surface area contributed by atoms with Gasteiger partial charge in [-0.3, -0.25) is 9.69 Å². The van der Waals surface area contributed by atoms with Gasteiger partial charge in [0.1, 0.15) is 6.04 Å². The predicted octanol–water partition coefficient (Wildman–Crippen LogP) is 1.85. The zero-order valence-corrected chi connectivity index (χ0v) is 11.2. The molecule has 1 unspecified atom stereocenters. The first kappa shape index (κ1) is 13.6. The lowest BCUT2D eigenvalue weighted by atomic mass is 10.1. The minimum Gasteiger partial charge on any atom is -0.480 e. The minimum atomic E-state index is -0.803. The quantitative estimate of drug-likeness (QED) is 0.891. The SMILES string of the molecule is O=C(O)C1CNCCN1Cc1ccc(Cl)c(Cl)c1. The van der Waals surface area contributed by atoms with Gasteiger partial charge < -0.3 is 10.4 Å². The van der Waals surface area contributed by atoms with Crippen LogP contribution in [0.3, 0.4) is 0 Å². The summed E-state index contributed by atoms with van der Waals surface area (Å²) >= 11 is 11.8. The molecule has 1 aliphatic heterocycles. The number of rotatable bonds is 3. The lowest BCUT2D eigenvalue weighted by molar-refractivity contribution is -0.144. The highest BCUT2D eigenvalue weighted by molar-refractivity contribution is 6.42. The Morgan fingerprint density at radius 2 is 2.22 bits per heavy atom. The summed E-state index contributed by atoms with van der Waals surface area (Å²) < 4.78 is 0. The molecule has 0 aromatic heterocycles. The van der Waals surface area contributed by atoms with Crippen molar-refractivity contribution in [2.75, 3.05) is 19.6 Å². The van der Waals surface area contributed by atoms with Crippen LogP contribution in [0.1, 0.15) is 5.56 Å². The van der Waals surface area contributed by atoms with Gasteiger partial charge in [-0.2, -0.15) is 0 Å². The molecule has 4 nitrogen and oxygen atoms in total. The van der Waals surface area contributed by atoms with Gasteiger partial charge in [0.25, 0.3) is 0 Å². The van der Waals surface area contributed by atoms with E-state index in [4.69, 9.17) is 28.3 Å². The maximum atomic E-state index is 11.1. The molecule has 0 radical (unpaired) electrons. The average Bonchev–Trinajstić information content (AvgIpc) is 2.34. The molecular formula is C12H14Cl2N2O2. The predicted molar refractivity (Wildman–Crippen MR) is 71.2 cm³/mol. The number of halogens is 2. The van der Waals surface area contributed by atoms with Crippen LogP contribution in [-0.2, 0) is 11.3 Å². The van der Waals surface area contributed by atoms with Crippen LogP contribution in [0.2, 0.25) is 10.0 Å². The minimum absolute atomic E-state index is 0.469. The second kappa shape index (κ2) is 5.89. The molecule has 1 fully saturated rings. The van der Waals surface area contributed by atoms with Crippen molar-refractivity contribution < 1.29 is 9.90 Å². The second-order valence-electron chi connectivity index (χ2n) is 4.28. The standard InChI is InChI=1S/C12H14Cl2N2O2/c13-9-2-1-8(5-10(9)14)7-16-4-3-15-6-11(16)12(17)18/h1-2,5,11,15H,3-4,6-7H2,(H,17,18). The van der Waals surface area contributed by atoms with Crippen molar-refractivity contribution in [2.24, 2.45) is 0 Å². The average molecular weight is 289 g/mol. The van der Waals surface area contributed by atoms with Crippen LogP contribution in [0.5, 0.6) is 0 Å². The molecule has 98 valence electrons. The topological polar surface area (TPSA) is 52.6 Å². The molecule has 1 heterocycles. The van der Waals surface area contributed by atoms with Gasteiger partial charge in [0, 0.05) is 26.2 Å². The number of nitrogens with zero attached hydrogens (tertiary/aromatic N) is 1. The molecule has 6 heteroatoms. The van der Waals surface area contributed by atoms with E-state index in [1.165, 1.54) is 0 Å². The molecule has 0 amide bonds. The van der Waals surface area contributed by atoms with Crippen molar-refractivity contribution in [3.63, 3.8) is 0 Å². The van der Waals surface area contributed by atoms with Gasteiger partial charge in [-0.05, 0) is 17.7 Å². The van der Waals surface area contributed by atoms with Crippen LogP contribution >= 0.6 is 23.2 Å². The second-order valence-corrected chi connectivity index (χ2v) is 5.09. The van der Waals surface area contributed by atoms with Crippen LogP contribution in [0.25, 0.3) is 0 Å². The Balaban J connectivity index is 2.10. The molecule has 0 aliphatic carbocycles. The Morgan fingerprint density at radius 3 is 2.89 bits per heavy atom. The van der Waals surface area contributed by atoms with Gasteiger partial charge in [-0.15, -0.1) is 0 Å². The van der Waals surface area contributed by atoms with Gasteiger partial charge in [-0.1, -0.05) is 29.3 Å². The number of hydrogen-bond acceptors (Lipinski definition) is 3. The van der Waals surface area contributed by atoms with Crippen LogP contribution in [0, 0.1) is 0 Å². The first-order chi connectivity index (χ1) is 8.58. The summed E-state index contributed by atoms with van der Waals surface area (Å²) in [4.78, 5) is 13.1. The van der Waals surface area contributed by atoms with Crippen molar-refractivity contribution in [1.29, 1.82) is 0 Å². The molecule has 1 aromatic carbocycles. The monoisotopic (exact) mass is 288 g/mol. The zero-order chi connectivity index (χ0) is 13.1. The van der Waals surface area contributed by atoms with Crippen LogP contribution in [0.4, 0.5) is 0 Å². The zero-order valence-electron chi connectivity index (χ0n) is 9.70. The van der Waals surface area contributed by atoms with E-state index >= 15 is 0 Å². The largest absolute Gasteiger partial charge is 0.480 e. The van der Waals surface area contributed by atoms with Gasteiger partial charge >= 0.3 is 5.97 Å². The lowest BCUT2D eigenvalue weighted by Gasteiger charge is -2.33. The molecule has 0 saturated carbocycles. The number of carbonyl (C=O) groups is 1. The molecule has 1 saturated heterocycles. The third-order valence-electron chi connectivity index (χ3n) is 3.01. The van der Waals surface area contributed by atoms with E-state index in [0.717, 1.165) is 12.1 Å². The molecule has 18 heavy (non-hydrogen) atoms. The molecule has 0 spiro atoms. The summed E-state index contributed by atoms with van der Waals surface area (Å²) in [6.07, 6.45) is 0. The Labute approximate surface area is 115 Å². The number of benzene rings is 1. The molecule has 2 rings (SSSR count). The Bertz CT molecular complexity index is 454. The van der Waals surface area contributed by atoms with E-state index < -0.39 is 12.0 Å².